The van der Waals surface area contributed by atoms with Crippen LogP contribution in [0.3, 0.4) is 0 Å². The van der Waals surface area contributed by atoms with Crippen LogP contribution in [0, 0.1) is 23.7 Å². The number of benzene rings is 1. The van der Waals surface area contributed by atoms with E-state index in [0.717, 1.165) is 30.5 Å². The zero-order valence-corrected chi connectivity index (χ0v) is 14.9. The predicted octanol–water partition coefficient (Wildman–Crippen LogP) is 4.15. The monoisotopic (exact) mass is 376 g/mol. The summed E-state index contributed by atoms with van der Waals surface area (Å²) in [5.41, 5.74) is 1.68. The van der Waals surface area contributed by atoms with E-state index in [-0.39, 0.29) is 17.7 Å². The number of carboxylic acids is 1. The van der Waals surface area contributed by atoms with Gasteiger partial charge in [0.25, 0.3) is 0 Å². The van der Waals surface area contributed by atoms with Gasteiger partial charge in [-0.15, -0.1) is 11.3 Å². The van der Waals surface area contributed by atoms with Gasteiger partial charge in [-0.2, -0.15) is 0 Å². The van der Waals surface area contributed by atoms with Gasteiger partial charge in [0, 0.05) is 16.0 Å². The van der Waals surface area contributed by atoms with Crippen molar-refractivity contribution in [1.29, 1.82) is 0 Å². The van der Waals surface area contributed by atoms with Gasteiger partial charge in [-0.1, -0.05) is 23.7 Å². The molecule has 2 aliphatic carbocycles. The third kappa shape index (κ3) is 3.04. The zero-order valence-electron chi connectivity index (χ0n) is 13.3. The average Bonchev–Trinajstić information content (AvgIpc) is 3.30. The number of carbonyl (C=O) groups excluding carboxylic acids is 1. The van der Waals surface area contributed by atoms with Gasteiger partial charge < -0.3 is 10.4 Å². The maximum Gasteiger partial charge on any atom is 0.307 e. The molecule has 1 amide bonds. The van der Waals surface area contributed by atoms with Gasteiger partial charge in [-0.05, 0) is 43.2 Å². The molecule has 4 unspecified atom stereocenters. The molecule has 130 valence electrons. The van der Waals surface area contributed by atoms with Gasteiger partial charge in [-0.25, -0.2) is 4.98 Å². The van der Waals surface area contributed by atoms with E-state index in [9.17, 15) is 14.7 Å². The number of nitrogens with one attached hydrogen (secondary N) is 1. The molecular weight excluding hydrogens is 360 g/mol. The number of hydrogen-bond donors (Lipinski definition) is 2. The lowest BCUT2D eigenvalue weighted by atomic mass is 9.79. The number of anilines is 1. The summed E-state index contributed by atoms with van der Waals surface area (Å²) >= 11 is 7.24. The van der Waals surface area contributed by atoms with Crippen molar-refractivity contribution in [2.75, 3.05) is 5.32 Å². The van der Waals surface area contributed by atoms with Crippen molar-refractivity contribution in [3.05, 3.63) is 34.7 Å². The molecule has 1 aromatic heterocycles. The first-order valence-corrected chi connectivity index (χ1v) is 9.54. The summed E-state index contributed by atoms with van der Waals surface area (Å²) in [5.74, 6) is -1.75. The number of halogens is 1. The molecule has 2 bridgehead atoms. The van der Waals surface area contributed by atoms with E-state index < -0.39 is 17.8 Å². The van der Waals surface area contributed by atoms with Crippen LogP contribution in [0.2, 0.25) is 5.02 Å². The summed E-state index contributed by atoms with van der Waals surface area (Å²) in [6.07, 6.45) is 2.72. The maximum absolute atomic E-state index is 12.7. The minimum Gasteiger partial charge on any atom is -0.481 e. The van der Waals surface area contributed by atoms with E-state index in [1.54, 1.807) is 12.1 Å². The fourth-order valence-corrected chi connectivity index (χ4v) is 5.15. The molecule has 2 saturated carbocycles. The number of aliphatic carboxylic acids is 1. The summed E-state index contributed by atoms with van der Waals surface area (Å²) in [4.78, 5) is 28.7. The molecule has 0 spiro atoms. The van der Waals surface area contributed by atoms with Gasteiger partial charge in [0.15, 0.2) is 5.13 Å². The molecule has 2 N–H and O–H groups in total. The van der Waals surface area contributed by atoms with E-state index >= 15 is 0 Å². The molecule has 2 aliphatic rings. The van der Waals surface area contributed by atoms with Crippen molar-refractivity contribution in [3.8, 4) is 11.3 Å². The average molecular weight is 377 g/mol. The first-order valence-electron chi connectivity index (χ1n) is 8.28. The molecule has 2 fully saturated rings. The van der Waals surface area contributed by atoms with E-state index in [4.69, 9.17) is 11.6 Å². The van der Waals surface area contributed by atoms with Crippen molar-refractivity contribution in [2.45, 2.75) is 19.3 Å². The van der Waals surface area contributed by atoms with E-state index in [2.05, 4.69) is 10.3 Å². The lowest BCUT2D eigenvalue weighted by Crippen LogP contribution is -2.37. The van der Waals surface area contributed by atoms with Crippen molar-refractivity contribution in [3.63, 3.8) is 0 Å². The largest absolute Gasteiger partial charge is 0.481 e. The van der Waals surface area contributed by atoms with Crippen molar-refractivity contribution in [2.24, 2.45) is 23.7 Å². The second kappa shape index (κ2) is 6.42. The first-order chi connectivity index (χ1) is 12.0. The lowest BCUT2D eigenvalue weighted by molar-refractivity contribution is -0.148. The summed E-state index contributed by atoms with van der Waals surface area (Å²) in [6.45, 7) is 0. The van der Waals surface area contributed by atoms with Crippen LogP contribution < -0.4 is 5.32 Å². The molecule has 5 nitrogen and oxygen atoms in total. The number of carbonyl (C=O) groups is 2. The quantitative estimate of drug-likeness (QED) is 0.840. The second-order valence-corrected chi connectivity index (χ2v) is 8.05. The van der Waals surface area contributed by atoms with E-state index in [0.29, 0.717) is 10.2 Å². The third-order valence-electron chi connectivity index (χ3n) is 5.38. The molecule has 1 aromatic carbocycles. The van der Waals surface area contributed by atoms with Crippen LogP contribution in [0.25, 0.3) is 11.3 Å². The normalized spacial score (nSPS) is 27.4. The molecular formula is C18H17ClN2O3S. The molecule has 4 atom stereocenters. The van der Waals surface area contributed by atoms with Crippen molar-refractivity contribution in [1.82, 2.24) is 4.98 Å². The number of amides is 1. The summed E-state index contributed by atoms with van der Waals surface area (Å²) in [6, 6.07) is 7.33. The topological polar surface area (TPSA) is 79.3 Å². The van der Waals surface area contributed by atoms with Crippen LogP contribution in [0.15, 0.2) is 29.6 Å². The Balaban J connectivity index is 1.50. The van der Waals surface area contributed by atoms with Crippen LogP contribution in [0.4, 0.5) is 5.13 Å². The number of nitrogens with zero attached hydrogens (tertiary/aromatic N) is 1. The highest BCUT2D eigenvalue weighted by Crippen LogP contribution is 2.52. The Morgan fingerprint density at radius 1 is 1.16 bits per heavy atom. The van der Waals surface area contributed by atoms with Crippen LogP contribution in [-0.4, -0.2) is 22.0 Å². The van der Waals surface area contributed by atoms with Gasteiger partial charge in [-0.3, -0.25) is 9.59 Å². The van der Waals surface area contributed by atoms with Gasteiger partial charge in [0.05, 0.1) is 17.5 Å². The Kier molecular flexibility index (Phi) is 4.25. The highest BCUT2D eigenvalue weighted by molar-refractivity contribution is 7.14. The first kappa shape index (κ1) is 16.5. The number of fused-ring (bicyclic) bond motifs is 2. The standard InChI is InChI=1S/C18H17ClN2O3S/c19-12-5-3-9(4-6-12)13-8-25-18(20-13)21-16(22)14-10-1-2-11(7-10)15(14)17(23)24/h3-6,8,10-11,14-15H,1-2,7H2,(H,23,24)(H,20,21,22). The number of carboxylic acid groups (broad SMARTS) is 1. The number of aromatic nitrogens is 1. The summed E-state index contributed by atoms with van der Waals surface area (Å²) in [5, 5.41) is 15.4. The SMILES string of the molecule is O=C(O)C1C2CCC(C2)C1C(=O)Nc1nc(-c2ccc(Cl)cc2)cs1. The van der Waals surface area contributed by atoms with E-state index in [1.165, 1.54) is 11.3 Å². The summed E-state index contributed by atoms with van der Waals surface area (Å²) in [7, 11) is 0. The Morgan fingerprint density at radius 3 is 2.52 bits per heavy atom. The molecule has 7 heteroatoms. The van der Waals surface area contributed by atoms with Crippen LogP contribution in [0.5, 0.6) is 0 Å². The minimum atomic E-state index is -0.853. The van der Waals surface area contributed by atoms with Crippen LogP contribution in [0.1, 0.15) is 19.3 Å². The number of rotatable bonds is 4. The Bertz CT molecular complexity index is 820. The highest BCUT2D eigenvalue weighted by atomic mass is 35.5. The van der Waals surface area contributed by atoms with Gasteiger partial charge >= 0.3 is 5.97 Å². The molecule has 0 radical (unpaired) electrons. The lowest BCUT2D eigenvalue weighted by Gasteiger charge is -2.26. The Morgan fingerprint density at radius 2 is 1.84 bits per heavy atom. The van der Waals surface area contributed by atoms with Crippen LogP contribution in [-0.2, 0) is 9.59 Å². The highest BCUT2D eigenvalue weighted by Gasteiger charge is 2.54. The number of hydrogen-bond acceptors (Lipinski definition) is 4. The fraction of sp³-hybridized carbons (Fsp3) is 0.389. The minimum absolute atomic E-state index is 0.138. The van der Waals surface area contributed by atoms with Crippen molar-refractivity contribution < 1.29 is 14.7 Å². The van der Waals surface area contributed by atoms with Gasteiger partial charge in [0.1, 0.15) is 0 Å². The molecule has 4 rings (SSSR count). The zero-order chi connectivity index (χ0) is 17.6. The fourth-order valence-electron chi connectivity index (χ4n) is 4.30. The molecule has 2 aromatic rings. The predicted molar refractivity (Wildman–Crippen MR) is 96.6 cm³/mol. The molecule has 0 saturated heterocycles. The van der Waals surface area contributed by atoms with Crippen molar-refractivity contribution >= 4 is 39.9 Å². The smallest absolute Gasteiger partial charge is 0.307 e. The maximum atomic E-state index is 12.7. The molecule has 1 heterocycles. The van der Waals surface area contributed by atoms with Crippen LogP contribution >= 0.6 is 22.9 Å². The Labute approximate surface area is 154 Å². The van der Waals surface area contributed by atoms with E-state index in [1.807, 2.05) is 17.5 Å². The summed E-state index contributed by atoms with van der Waals surface area (Å²) < 4.78 is 0. The molecule has 0 aliphatic heterocycles. The number of thiazole rings is 1. The van der Waals surface area contributed by atoms with Gasteiger partial charge in [0.2, 0.25) is 5.91 Å². The molecule has 25 heavy (non-hydrogen) atoms. The third-order valence-corrected chi connectivity index (χ3v) is 6.39. The second-order valence-electron chi connectivity index (χ2n) is 6.76. The Hall–Kier alpha value is -1.92.